The van der Waals surface area contributed by atoms with Crippen molar-refractivity contribution in [1.82, 2.24) is 24.6 Å². The maximum Gasteiger partial charge on any atom is 0.233 e. The fraction of sp³-hybridized carbons (Fsp3) is 0.524. The van der Waals surface area contributed by atoms with Gasteiger partial charge in [0.2, 0.25) is 5.91 Å². The Labute approximate surface area is 178 Å². The second kappa shape index (κ2) is 8.07. The van der Waals surface area contributed by atoms with E-state index in [-0.39, 0.29) is 5.91 Å². The molecule has 1 saturated heterocycles. The first-order chi connectivity index (χ1) is 14.2. The summed E-state index contributed by atoms with van der Waals surface area (Å²) in [5.41, 5.74) is 1.07. The molecule has 6 nitrogen and oxygen atoms in total. The summed E-state index contributed by atoms with van der Waals surface area (Å²) in [6.07, 6.45) is 4.56. The molecule has 0 N–H and O–H groups in total. The number of thiazole rings is 1. The summed E-state index contributed by atoms with van der Waals surface area (Å²) in [5.74, 6) is 2.63. The zero-order valence-corrected chi connectivity index (χ0v) is 18.2. The van der Waals surface area contributed by atoms with Crippen LogP contribution < -0.4 is 0 Å². The monoisotopic (exact) mass is 427 g/mol. The van der Waals surface area contributed by atoms with Crippen LogP contribution in [0.3, 0.4) is 0 Å². The zero-order valence-electron chi connectivity index (χ0n) is 16.6. The molecular formula is C21H25N5OS2. The van der Waals surface area contributed by atoms with Crippen molar-refractivity contribution >= 4 is 39.2 Å². The number of thioether (sulfide) groups is 1. The molecule has 0 unspecified atom stereocenters. The number of hydrogen-bond donors (Lipinski definition) is 0. The summed E-state index contributed by atoms with van der Waals surface area (Å²) in [5, 5.41) is 10.8. The quantitative estimate of drug-likeness (QED) is 0.549. The Morgan fingerprint density at radius 2 is 2.07 bits per heavy atom. The lowest BCUT2D eigenvalue weighted by Gasteiger charge is -2.31. The van der Waals surface area contributed by atoms with Crippen LogP contribution in [0.15, 0.2) is 29.4 Å². The molecule has 2 aromatic heterocycles. The third-order valence-corrected chi connectivity index (χ3v) is 7.91. The molecule has 3 aromatic rings. The molecule has 0 spiro atoms. The Morgan fingerprint density at radius 3 is 2.86 bits per heavy atom. The van der Waals surface area contributed by atoms with Gasteiger partial charge in [-0.25, -0.2) is 4.98 Å². The van der Waals surface area contributed by atoms with Crippen molar-refractivity contribution in [3.8, 4) is 0 Å². The number of carbonyl (C=O) groups excluding carboxylic acids is 1. The van der Waals surface area contributed by atoms with Crippen molar-refractivity contribution in [1.29, 1.82) is 0 Å². The molecule has 1 aliphatic carbocycles. The van der Waals surface area contributed by atoms with Gasteiger partial charge in [0.1, 0.15) is 5.82 Å². The molecule has 1 saturated carbocycles. The van der Waals surface area contributed by atoms with Gasteiger partial charge in [0.05, 0.1) is 21.0 Å². The SMILES string of the molecule is CCn1c(SCC(=O)N2CCC[C@@H](c3nc4ccccc4s3)C2)nnc1C1CC1. The molecule has 152 valence electrons. The van der Waals surface area contributed by atoms with Gasteiger partial charge in [-0.3, -0.25) is 4.79 Å². The maximum atomic E-state index is 12.9. The Balaban J connectivity index is 1.23. The minimum Gasteiger partial charge on any atom is -0.341 e. The van der Waals surface area contributed by atoms with Gasteiger partial charge < -0.3 is 9.47 Å². The van der Waals surface area contributed by atoms with Crippen molar-refractivity contribution in [2.45, 2.75) is 56.1 Å². The predicted octanol–water partition coefficient (Wildman–Crippen LogP) is 4.28. The molecule has 5 rings (SSSR count). The fourth-order valence-corrected chi connectivity index (χ4v) is 6.04. The zero-order chi connectivity index (χ0) is 19.8. The van der Waals surface area contributed by atoms with E-state index >= 15 is 0 Å². The summed E-state index contributed by atoms with van der Waals surface area (Å²) in [6, 6.07) is 8.28. The highest BCUT2D eigenvalue weighted by atomic mass is 32.2. The Kier molecular flexibility index (Phi) is 5.30. The second-order valence-corrected chi connectivity index (χ2v) is 9.85. The van der Waals surface area contributed by atoms with Gasteiger partial charge in [-0.1, -0.05) is 23.9 Å². The third kappa shape index (κ3) is 3.92. The van der Waals surface area contributed by atoms with Crippen LogP contribution in [0.4, 0.5) is 0 Å². The number of rotatable bonds is 6. The second-order valence-electron chi connectivity index (χ2n) is 7.85. The normalized spacial score (nSPS) is 19.8. The first-order valence-corrected chi connectivity index (χ1v) is 12.2. The lowest BCUT2D eigenvalue weighted by molar-refractivity contribution is -0.129. The standard InChI is InChI=1S/C21H25N5OS2/c1-2-26-19(14-9-10-14)23-24-21(26)28-13-18(27)25-11-5-6-15(12-25)20-22-16-7-3-4-8-17(16)29-20/h3-4,7-8,14-15H,2,5-6,9-13H2,1H3/t15-/m1/s1. The highest BCUT2D eigenvalue weighted by Crippen LogP contribution is 2.40. The van der Waals surface area contributed by atoms with Gasteiger partial charge in [-0.2, -0.15) is 0 Å². The van der Waals surface area contributed by atoms with Gasteiger partial charge in [0, 0.05) is 31.5 Å². The number of carbonyl (C=O) groups is 1. The van der Waals surface area contributed by atoms with Crippen molar-refractivity contribution in [2.24, 2.45) is 0 Å². The van der Waals surface area contributed by atoms with Gasteiger partial charge in [0.15, 0.2) is 5.16 Å². The summed E-state index contributed by atoms with van der Waals surface area (Å²) in [6.45, 7) is 4.59. The smallest absolute Gasteiger partial charge is 0.233 e. The molecule has 29 heavy (non-hydrogen) atoms. The number of likely N-dealkylation sites (tertiary alicyclic amines) is 1. The molecule has 1 aliphatic heterocycles. The first-order valence-electron chi connectivity index (χ1n) is 10.4. The number of para-hydroxylation sites is 1. The van der Waals surface area contributed by atoms with Crippen LogP contribution in [0.5, 0.6) is 0 Å². The van der Waals surface area contributed by atoms with Crippen LogP contribution >= 0.6 is 23.1 Å². The molecule has 8 heteroatoms. The molecule has 3 heterocycles. The number of aromatic nitrogens is 4. The summed E-state index contributed by atoms with van der Waals surface area (Å²) in [4.78, 5) is 19.7. The van der Waals surface area contributed by atoms with Crippen LogP contribution in [0.2, 0.25) is 0 Å². The highest BCUT2D eigenvalue weighted by molar-refractivity contribution is 7.99. The number of piperidine rings is 1. The largest absolute Gasteiger partial charge is 0.341 e. The number of hydrogen-bond acceptors (Lipinski definition) is 6. The van der Waals surface area contributed by atoms with Gasteiger partial charge in [-0.05, 0) is 44.7 Å². The van der Waals surface area contributed by atoms with E-state index in [2.05, 4.69) is 39.9 Å². The van der Waals surface area contributed by atoms with E-state index in [0.29, 0.717) is 17.6 Å². The molecule has 1 amide bonds. The summed E-state index contributed by atoms with van der Waals surface area (Å²) >= 11 is 3.29. The highest BCUT2D eigenvalue weighted by Gasteiger charge is 2.31. The third-order valence-electron chi connectivity index (χ3n) is 5.76. The molecular weight excluding hydrogens is 402 g/mol. The number of amides is 1. The Morgan fingerprint density at radius 1 is 1.21 bits per heavy atom. The fourth-order valence-electron chi connectivity index (χ4n) is 4.04. The van der Waals surface area contributed by atoms with E-state index in [9.17, 15) is 4.79 Å². The van der Waals surface area contributed by atoms with E-state index in [1.165, 1.54) is 29.3 Å². The number of benzene rings is 1. The van der Waals surface area contributed by atoms with E-state index in [1.807, 2.05) is 11.0 Å². The van der Waals surface area contributed by atoms with Gasteiger partial charge in [-0.15, -0.1) is 21.5 Å². The lowest BCUT2D eigenvalue weighted by Crippen LogP contribution is -2.40. The van der Waals surface area contributed by atoms with Crippen molar-refractivity contribution in [3.05, 3.63) is 35.1 Å². The van der Waals surface area contributed by atoms with Crippen LogP contribution in [-0.4, -0.2) is 49.4 Å². The van der Waals surface area contributed by atoms with Crippen LogP contribution in [-0.2, 0) is 11.3 Å². The first kappa shape index (κ1) is 19.1. The van der Waals surface area contributed by atoms with E-state index < -0.39 is 0 Å². The minimum atomic E-state index is 0.194. The average Bonchev–Trinajstić information content (AvgIpc) is 3.37. The van der Waals surface area contributed by atoms with E-state index in [0.717, 1.165) is 54.0 Å². The maximum absolute atomic E-state index is 12.9. The predicted molar refractivity (Wildman–Crippen MR) is 117 cm³/mol. The van der Waals surface area contributed by atoms with Crippen molar-refractivity contribution < 1.29 is 4.79 Å². The summed E-state index contributed by atoms with van der Waals surface area (Å²) in [7, 11) is 0. The molecule has 0 radical (unpaired) electrons. The topological polar surface area (TPSA) is 63.9 Å². The van der Waals surface area contributed by atoms with Crippen LogP contribution in [0.1, 0.15) is 55.3 Å². The van der Waals surface area contributed by atoms with Crippen molar-refractivity contribution in [3.63, 3.8) is 0 Å². The van der Waals surface area contributed by atoms with Crippen LogP contribution in [0, 0.1) is 0 Å². The summed E-state index contributed by atoms with van der Waals surface area (Å²) < 4.78 is 3.40. The van der Waals surface area contributed by atoms with Gasteiger partial charge >= 0.3 is 0 Å². The molecule has 0 bridgehead atoms. The number of fused-ring (bicyclic) bond motifs is 1. The lowest BCUT2D eigenvalue weighted by atomic mass is 9.99. The van der Waals surface area contributed by atoms with Crippen LogP contribution in [0.25, 0.3) is 10.2 Å². The minimum absolute atomic E-state index is 0.194. The molecule has 2 fully saturated rings. The van der Waals surface area contributed by atoms with Gasteiger partial charge in [0.25, 0.3) is 0 Å². The molecule has 1 atom stereocenters. The van der Waals surface area contributed by atoms with Crippen molar-refractivity contribution in [2.75, 3.05) is 18.8 Å². The average molecular weight is 428 g/mol. The van der Waals surface area contributed by atoms with E-state index in [4.69, 9.17) is 4.98 Å². The number of nitrogens with zero attached hydrogens (tertiary/aromatic N) is 5. The Bertz CT molecular complexity index is 992. The molecule has 2 aliphatic rings. The van der Waals surface area contributed by atoms with E-state index in [1.54, 1.807) is 11.3 Å². The Hall–Kier alpha value is -1.93. The molecule has 1 aromatic carbocycles.